The van der Waals surface area contributed by atoms with Crippen LogP contribution in [0.25, 0.3) is 0 Å². The highest BCUT2D eigenvalue weighted by Gasteiger charge is 2.03. The topological polar surface area (TPSA) is 9.23 Å². The molecular formula is C14H22O. The number of ether oxygens (including phenoxy) is 1. The van der Waals surface area contributed by atoms with Gasteiger partial charge in [0.25, 0.3) is 0 Å². The number of rotatable bonds is 7. The molecule has 1 nitrogen and oxygen atoms in total. The molecule has 0 saturated carbocycles. The molecule has 1 atom stereocenters. The first kappa shape index (κ1) is 12.3. The maximum Gasteiger partial charge on any atom is 0.0465 e. The number of benzene rings is 1. The molecule has 1 aromatic rings. The summed E-state index contributed by atoms with van der Waals surface area (Å²) >= 11 is 0. The summed E-state index contributed by atoms with van der Waals surface area (Å²) in [4.78, 5) is 0. The second-order valence-electron chi connectivity index (χ2n) is 4.00. The van der Waals surface area contributed by atoms with Gasteiger partial charge in [-0.3, -0.25) is 0 Å². The molecule has 0 aliphatic heterocycles. The van der Waals surface area contributed by atoms with Gasteiger partial charge in [0, 0.05) is 13.2 Å². The highest BCUT2D eigenvalue weighted by atomic mass is 16.5. The van der Waals surface area contributed by atoms with Crippen molar-refractivity contribution < 1.29 is 4.74 Å². The van der Waals surface area contributed by atoms with Crippen LogP contribution in [0.4, 0.5) is 0 Å². The van der Waals surface area contributed by atoms with Crippen LogP contribution < -0.4 is 0 Å². The molecule has 84 valence electrons. The Kier molecular flexibility index (Phi) is 6.10. The van der Waals surface area contributed by atoms with E-state index in [0.29, 0.717) is 5.92 Å². The number of unbranched alkanes of at least 4 members (excludes halogenated alkanes) is 1. The monoisotopic (exact) mass is 206 g/mol. The van der Waals surface area contributed by atoms with Crippen LogP contribution in [0.5, 0.6) is 0 Å². The summed E-state index contributed by atoms with van der Waals surface area (Å²) in [5.74, 6) is 0.674. The van der Waals surface area contributed by atoms with Crippen LogP contribution >= 0.6 is 0 Å². The highest BCUT2D eigenvalue weighted by Crippen LogP contribution is 2.20. The van der Waals surface area contributed by atoms with Gasteiger partial charge < -0.3 is 4.74 Å². The zero-order valence-electron chi connectivity index (χ0n) is 9.91. The fraction of sp³-hybridized carbons (Fsp3) is 0.571. The third kappa shape index (κ3) is 4.98. The first-order valence-electron chi connectivity index (χ1n) is 5.97. The number of hydrogen-bond donors (Lipinski definition) is 0. The van der Waals surface area contributed by atoms with Gasteiger partial charge in [-0.1, -0.05) is 43.7 Å². The summed E-state index contributed by atoms with van der Waals surface area (Å²) in [6.07, 6.45) is 3.71. The van der Waals surface area contributed by atoms with E-state index in [1.54, 1.807) is 0 Å². The Morgan fingerprint density at radius 1 is 1.13 bits per heavy atom. The van der Waals surface area contributed by atoms with E-state index in [1.807, 2.05) is 6.92 Å². The molecule has 1 rings (SSSR count). The largest absolute Gasteiger partial charge is 0.382 e. The SMILES string of the molecule is CCOCCCCC(C)c1ccccc1. The van der Waals surface area contributed by atoms with Crippen molar-refractivity contribution in [3.05, 3.63) is 35.9 Å². The Balaban J connectivity index is 2.16. The third-order valence-electron chi connectivity index (χ3n) is 2.75. The molecule has 0 radical (unpaired) electrons. The summed E-state index contributed by atoms with van der Waals surface area (Å²) in [7, 11) is 0. The third-order valence-corrected chi connectivity index (χ3v) is 2.75. The van der Waals surface area contributed by atoms with E-state index in [1.165, 1.54) is 24.8 Å². The van der Waals surface area contributed by atoms with Crippen molar-refractivity contribution in [3.63, 3.8) is 0 Å². The van der Waals surface area contributed by atoms with Crippen molar-refractivity contribution in [2.45, 2.75) is 39.0 Å². The molecule has 1 aromatic carbocycles. The van der Waals surface area contributed by atoms with Crippen molar-refractivity contribution in [1.82, 2.24) is 0 Å². The van der Waals surface area contributed by atoms with E-state index in [0.717, 1.165) is 13.2 Å². The molecule has 1 unspecified atom stereocenters. The van der Waals surface area contributed by atoms with Gasteiger partial charge in [-0.15, -0.1) is 0 Å². The van der Waals surface area contributed by atoms with Crippen LogP contribution in [0.15, 0.2) is 30.3 Å². The van der Waals surface area contributed by atoms with Crippen LogP contribution in [-0.2, 0) is 4.74 Å². The molecule has 0 amide bonds. The molecule has 1 heteroatoms. The molecule has 0 N–H and O–H groups in total. The summed E-state index contributed by atoms with van der Waals surface area (Å²) < 4.78 is 5.32. The maximum absolute atomic E-state index is 5.32. The maximum atomic E-state index is 5.32. The van der Waals surface area contributed by atoms with Crippen molar-refractivity contribution in [2.75, 3.05) is 13.2 Å². The molecule has 0 aliphatic rings. The van der Waals surface area contributed by atoms with Gasteiger partial charge in [0.15, 0.2) is 0 Å². The molecular weight excluding hydrogens is 184 g/mol. The van der Waals surface area contributed by atoms with Crippen LogP contribution in [0.2, 0.25) is 0 Å². The highest BCUT2D eigenvalue weighted by molar-refractivity contribution is 5.18. The Labute approximate surface area is 93.5 Å². The molecule has 0 aromatic heterocycles. The predicted octanol–water partition coefficient (Wildman–Crippen LogP) is 4.00. The first-order chi connectivity index (χ1) is 7.34. The lowest BCUT2D eigenvalue weighted by Crippen LogP contribution is -1.97. The molecule has 0 saturated heterocycles. The normalized spacial score (nSPS) is 12.7. The van der Waals surface area contributed by atoms with Crippen LogP contribution in [0, 0.1) is 0 Å². The molecule has 15 heavy (non-hydrogen) atoms. The summed E-state index contributed by atoms with van der Waals surface area (Å²) in [6, 6.07) is 10.7. The van der Waals surface area contributed by atoms with Gasteiger partial charge in [-0.25, -0.2) is 0 Å². The summed E-state index contributed by atoms with van der Waals surface area (Å²) in [5.41, 5.74) is 1.45. The minimum atomic E-state index is 0.674. The Bertz CT molecular complexity index is 243. The van der Waals surface area contributed by atoms with E-state index in [-0.39, 0.29) is 0 Å². The average molecular weight is 206 g/mol. The molecule has 0 heterocycles. The van der Waals surface area contributed by atoms with Crippen molar-refractivity contribution in [3.8, 4) is 0 Å². The lowest BCUT2D eigenvalue weighted by atomic mass is 9.96. The van der Waals surface area contributed by atoms with Gasteiger partial charge in [0.1, 0.15) is 0 Å². The molecule has 0 spiro atoms. The van der Waals surface area contributed by atoms with Gasteiger partial charge in [0.2, 0.25) is 0 Å². The van der Waals surface area contributed by atoms with Crippen LogP contribution in [0.3, 0.4) is 0 Å². The van der Waals surface area contributed by atoms with Crippen molar-refractivity contribution >= 4 is 0 Å². The summed E-state index contributed by atoms with van der Waals surface area (Å²) in [6.45, 7) is 6.11. The van der Waals surface area contributed by atoms with Crippen LogP contribution in [0.1, 0.15) is 44.6 Å². The van der Waals surface area contributed by atoms with E-state index >= 15 is 0 Å². The fourth-order valence-electron chi connectivity index (χ4n) is 1.75. The van der Waals surface area contributed by atoms with Gasteiger partial charge in [-0.2, -0.15) is 0 Å². The van der Waals surface area contributed by atoms with E-state index in [4.69, 9.17) is 4.74 Å². The smallest absolute Gasteiger partial charge is 0.0465 e. The Morgan fingerprint density at radius 2 is 1.87 bits per heavy atom. The van der Waals surface area contributed by atoms with E-state index < -0.39 is 0 Å². The standard InChI is InChI=1S/C14H22O/c1-3-15-12-8-7-9-13(2)14-10-5-4-6-11-14/h4-6,10-11,13H,3,7-9,12H2,1-2H3. The van der Waals surface area contributed by atoms with Crippen molar-refractivity contribution in [1.29, 1.82) is 0 Å². The van der Waals surface area contributed by atoms with E-state index in [9.17, 15) is 0 Å². The van der Waals surface area contributed by atoms with E-state index in [2.05, 4.69) is 37.3 Å². The average Bonchev–Trinajstić information content (AvgIpc) is 2.30. The minimum Gasteiger partial charge on any atom is -0.382 e. The second-order valence-corrected chi connectivity index (χ2v) is 4.00. The lowest BCUT2D eigenvalue weighted by Gasteiger charge is -2.11. The van der Waals surface area contributed by atoms with Gasteiger partial charge in [0.05, 0.1) is 0 Å². The summed E-state index contributed by atoms with van der Waals surface area (Å²) in [5, 5.41) is 0. The quantitative estimate of drug-likeness (QED) is 0.613. The lowest BCUT2D eigenvalue weighted by molar-refractivity contribution is 0.142. The predicted molar refractivity (Wildman–Crippen MR) is 65.2 cm³/mol. The minimum absolute atomic E-state index is 0.674. The Morgan fingerprint density at radius 3 is 2.53 bits per heavy atom. The zero-order valence-corrected chi connectivity index (χ0v) is 9.91. The van der Waals surface area contributed by atoms with Crippen molar-refractivity contribution in [2.24, 2.45) is 0 Å². The Hall–Kier alpha value is -0.820. The fourth-order valence-corrected chi connectivity index (χ4v) is 1.75. The number of hydrogen-bond acceptors (Lipinski definition) is 1. The molecule has 0 fully saturated rings. The van der Waals surface area contributed by atoms with Gasteiger partial charge >= 0.3 is 0 Å². The first-order valence-corrected chi connectivity index (χ1v) is 5.97. The molecule has 0 bridgehead atoms. The second kappa shape index (κ2) is 7.47. The molecule has 0 aliphatic carbocycles. The zero-order chi connectivity index (χ0) is 10.9. The van der Waals surface area contributed by atoms with Gasteiger partial charge in [-0.05, 0) is 31.2 Å². The van der Waals surface area contributed by atoms with Crippen LogP contribution in [-0.4, -0.2) is 13.2 Å².